The Morgan fingerprint density at radius 3 is 0.714 bits per heavy atom. The molecule has 0 saturated carbocycles. The molecule has 0 heterocycles. The molecule has 0 unspecified atom stereocenters. The zero-order valence-corrected chi connectivity index (χ0v) is 25.2. The summed E-state index contributed by atoms with van der Waals surface area (Å²) < 4.78 is -1.38. The molecule has 0 spiro atoms. The second-order valence-electron chi connectivity index (χ2n) is 2.89. The first kappa shape index (κ1) is 23.7. The molecule has 0 atom stereocenters. The average molecular weight is 802 g/mol. The number of rotatable bonds is 1. The molecule has 0 nitrogen and oxygen atoms in total. The molecule has 0 aliphatic rings. The molecular weight excluding hydrogens is 784 g/mol. The van der Waals surface area contributed by atoms with Gasteiger partial charge in [-0.05, 0) is 0 Å². The number of hydrogen-bond acceptors (Lipinski definition) is 0. The molecule has 0 aromatic heterocycles. The van der Waals surface area contributed by atoms with Crippen LogP contribution in [-0.2, 0) is 0 Å². The molecule has 14 heavy (non-hydrogen) atoms. The summed E-state index contributed by atoms with van der Waals surface area (Å²) in [6, 6.07) is 0. The van der Waals surface area contributed by atoms with Crippen molar-refractivity contribution in [2.75, 3.05) is 0 Å². The van der Waals surface area contributed by atoms with Gasteiger partial charge in [0.25, 0.3) is 0 Å². The van der Waals surface area contributed by atoms with E-state index in [9.17, 15) is 0 Å². The zero-order valence-electron chi connectivity index (χ0n) is 9.63. The zero-order chi connectivity index (χ0) is 12.4. The Kier molecular flexibility index (Phi) is 23.9. The third kappa shape index (κ3) is 21.9. The fourth-order valence-corrected chi connectivity index (χ4v) is 0. The SMILES string of the molecule is C[Si]([Te])([Te])[Si](C)([Te])[Te].[CH3][Ge][CH3].[CH3][Ge][CH3]. The summed E-state index contributed by atoms with van der Waals surface area (Å²) in [4.78, 5) is 0. The summed E-state index contributed by atoms with van der Waals surface area (Å²) in [5.41, 5.74) is 0. The van der Waals surface area contributed by atoms with Crippen LogP contribution in [0.3, 0.4) is 0 Å². The second-order valence-corrected chi connectivity index (χ2v) is 73.3. The van der Waals surface area contributed by atoms with Gasteiger partial charge in [-0.1, -0.05) is 0 Å². The Hall–Kier alpha value is 4.68. The molecule has 8 heteroatoms. The van der Waals surface area contributed by atoms with Crippen LogP contribution in [-0.4, -0.2) is 122 Å². The van der Waals surface area contributed by atoms with Crippen LogP contribution in [0.25, 0.3) is 0 Å². The van der Waals surface area contributed by atoms with E-state index >= 15 is 0 Å². The van der Waals surface area contributed by atoms with Crippen molar-refractivity contribution in [3.63, 3.8) is 0 Å². The predicted molar refractivity (Wildman–Crippen MR) is 81.2 cm³/mol. The van der Waals surface area contributed by atoms with Gasteiger partial charge >= 0.3 is 158 Å². The maximum absolute atomic E-state index is 2.49. The predicted octanol–water partition coefficient (Wildman–Crippen LogP) is 0.456. The van der Waals surface area contributed by atoms with Crippen LogP contribution in [0.2, 0.25) is 36.1 Å². The Balaban J connectivity index is -0.000000168. The van der Waals surface area contributed by atoms with Gasteiger partial charge in [0.15, 0.2) is 0 Å². The monoisotopic (exact) mass is 814 g/mol. The quantitative estimate of drug-likeness (QED) is 0.339. The van der Waals surface area contributed by atoms with E-state index in [4.69, 9.17) is 0 Å². The fourth-order valence-electron chi connectivity index (χ4n) is 0. The van der Waals surface area contributed by atoms with Gasteiger partial charge in [0.05, 0.1) is 0 Å². The topological polar surface area (TPSA) is 0 Å². The number of hydrogen-bond donors (Lipinski definition) is 0. The van der Waals surface area contributed by atoms with E-state index in [1.54, 1.807) is 0 Å². The third-order valence-electron chi connectivity index (χ3n) is 0.825. The van der Waals surface area contributed by atoms with Crippen LogP contribution in [0.15, 0.2) is 0 Å². The van der Waals surface area contributed by atoms with Crippen molar-refractivity contribution in [3.8, 4) is 0 Å². The van der Waals surface area contributed by atoms with E-state index in [0.717, 1.165) is 0 Å². The van der Waals surface area contributed by atoms with E-state index < -0.39 is 5.37 Å². The summed E-state index contributed by atoms with van der Waals surface area (Å²) in [5.74, 6) is 9.00. The van der Waals surface area contributed by atoms with Crippen LogP contribution in [0.5, 0.6) is 0 Å². The molecule has 0 fully saturated rings. The summed E-state index contributed by atoms with van der Waals surface area (Å²) >= 11 is 10.6. The molecular formula is C6H18Ge2Si2Te4. The Labute approximate surface area is 155 Å². The van der Waals surface area contributed by atoms with Crippen LogP contribution in [0.1, 0.15) is 0 Å². The van der Waals surface area contributed by atoms with E-state index in [-0.39, 0.29) is 0 Å². The average Bonchev–Trinajstić information content (AvgIpc) is 1.85. The van der Waals surface area contributed by atoms with E-state index in [0.29, 0.717) is 30.9 Å². The second kappa shape index (κ2) is 14.1. The van der Waals surface area contributed by atoms with Gasteiger partial charge in [0.2, 0.25) is 0 Å². The van der Waals surface area contributed by atoms with Gasteiger partial charge in [-0.15, -0.1) is 0 Å². The Morgan fingerprint density at radius 1 is 0.643 bits per heavy atom. The third-order valence-corrected chi connectivity index (χ3v) is 94.4. The van der Waals surface area contributed by atoms with Crippen molar-refractivity contribution in [2.45, 2.75) is 36.1 Å². The molecule has 0 aromatic rings. The van der Waals surface area contributed by atoms with E-state index in [1.165, 1.54) is 0 Å². The molecule has 0 rings (SSSR count). The molecule has 0 aliphatic heterocycles. The van der Waals surface area contributed by atoms with Gasteiger partial charge < -0.3 is 0 Å². The Morgan fingerprint density at radius 2 is 0.714 bits per heavy atom. The molecule has 0 amide bonds. The van der Waals surface area contributed by atoms with Gasteiger partial charge in [-0.25, -0.2) is 0 Å². The summed E-state index contributed by atoms with van der Waals surface area (Å²) in [7, 11) is 0. The maximum atomic E-state index is 2.49. The first-order valence-electron chi connectivity index (χ1n) is 4.07. The molecule has 0 aliphatic carbocycles. The van der Waals surface area contributed by atoms with Crippen molar-refractivity contribution in [2.24, 2.45) is 0 Å². The first-order valence-corrected chi connectivity index (χ1v) is 32.1. The van der Waals surface area contributed by atoms with Crippen molar-refractivity contribution in [1.82, 2.24) is 0 Å². The summed E-state index contributed by atoms with van der Waals surface area (Å²) in [6.45, 7) is 4.97. The molecule has 82 valence electrons. The summed E-state index contributed by atoms with van der Waals surface area (Å²) in [5, 5.41) is 0. The van der Waals surface area contributed by atoms with Crippen LogP contribution in [0.4, 0.5) is 0 Å². The molecule has 8 radical (unpaired) electrons. The first-order chi connectivity index (χ1) is 6.08. The van der Waals surface area contributed by atoms with E-state index in [1.807, 2.05) is 0 Å². The van der Waals surface area contributed by atoms with Crippen molar-refractivity contribution < 1.29 is 0 Å². The molecule has 0 N–H and O–H groups in total. The van der Waals surface area contributed by atoms with Gasteiger partial charge in [-0.2, -0.15) is 0 Å². The molecule has 0 bridgehead atoms. The minimum atomic E-state index is -0.691. The van der Waals surface area contributed by atoms with E-state index in [2.05, 4.69) is 122 Å². The Bertz CT molecular complexity index is 99.4. The van der Waals surface area contributed by atoms with Gasteiger partial charge in [0.1, 0.15) is 0 Å². The van der Waals surface area contributed by atoms with Gasteiger partial charge in [-0.3, -0.25) is 0 Å². The normalized spacial score (nSPS) is 10.7. The van der Waals surface area contributed by atoms with Crippen LogP contribution < -0.4 is 0 Å². The van der Waals surface area contributed by atoms with Crippen molar-refractivity contribution in [1.29, 1.82) is 0 Å². The van der Waals surface area contributed by atoms with Crippen molar-refractivity contribution in [3.05, 3.63) is 0 Å². The van der Waals surface area contributed by atoms with Crippen LogP contribution in [0, 0.1) is 0 Å². The fraction of sp³-hybridized carbons (Fsp3) is 1.00. The molecule has 0 aromatic carbocycles. The summed E-state index contributed by atoms with van der Waals surface area (Å²) in [6.07, 6.45) is 0. The van der Waals surface area contributed by atoms with Crippen LogP contribution >= 0.6 is 0 Å². The van der Waals surface area contributed by atoms with Gasteiger partial charge in [0, 0.05) is 0 Å². The molecule has 0 saturated heterocycles. The van der Waals surface area contributed by atoms with Crippen molar-refractivity contribution >= 4 is 122 Å². The minimum absolute atomic E-state index is 0.500. The standard InChI is InChI=1S/2C2H6Ge.C2H6Si2Te4/c2*1-3-2;1-3(5,6)4(2,7)8/h2*1-2H3;1-2H3.